The van der Waals surface area contributed by atoms with Crippen molar-refractivity contribution in [1.82, 2.24) is 0 Å². The summed E-state index contributed by atoms with van der Waals surface area (Å²) in [4.78, 5) is 0. The maximum absolute atomic E-state index is 3.70. The first-order chi connectivity index (χ1) is 12.6. The summed E-state index contributed by atoms with van der Waals surface area (Å²) in [6.07, 6.45) is 11.0. The Kier molecular flexibility index (Phi) is 7.13. The van der Waals surface area contributed by atoms with Crippen molar-refractivity contribution in [2.45, 2.75) is 72.1 Å². The van der Waals surface area contributed by atoms with Gasteiger partial charge in [-0.05, 0) is 35.3 Å². The van der Waals surface area contributed by atoms with Gasteiger partial charge in [-0.3, -0.25) is 6.08 Å². The van der Waals surface area contributed by atoms with Crippen LogP contribution in [0.25, 0.3) is 11.1 Å². The third-order valence-electron chi connectivity index (χ3n) is 5.34. The number of fused-ring (bicyclic) bond motifs is 3. The van der Waals surface area contributed by atoms with E-state index in [4.69, 9.17) is 0 Å². The average Bonchev–Trinajstić information content (AvgIpc) is 3.23. The standard InChI is InChI=1S/C22H27.C5H5.Hf/c1-14-10-18(22(5,6)7)13-16-11-15-12-17(21(2,3)4)8-9-19(15)20(14)16;1-2-4-5-3-1;/h8-10,13H,11H2,1-7H3;1-3H,4H2;/q2*-1;. The van der Waals surface area contributed by atoms with Crippen molar-refractivity contribution in [2.75, 3.05) is 0 Å². The zero-order valence-corrected chi connectivity index (χ0v) is 22.0. The smallest absolute Gasteiger partial charge is 0 e. The molecule has 146 valence electrons. The molecule has 0 spiro atoms. The zero-order valence-electron chi connectivity index (χ0n) is 18.5. The van der Waals surface area contributed by atoms with Gasteiger partial charge in [0.15, 0.2) is 0 Å². The fraction of sp³-hybridized carbons (Fsp3) is 0.407. The molecule has 0 heterocycles. The van der Waals surface area contributed by atoms with Crippen LogP contribution in [0.3, 0.4) is 0 Å². The van der Waals surface area contributed by atoms with Crippen molar-refractivity contribution in [2.24, 2.45) is 0 Å². The van der Waals surface area contributed by atoms with E-state index in [0.717, 1.165) is 12.8 Å². The van der Waals surface area contributed by atoms with Crippen LogP contribution in [0.5, 0.6) is 0 Å². The van der Waals surface area contributed by atoms with Gasteiger partial charge in [0, 0.05) is 25.8 Å². The number of hydrogen-bond acceptors (Lipinski definition) is 0. The average molecular weight is 535 g/mol. The molecule has 0 radical (unpaired) electrons. The minimum absolute atomic E-state index is 0. The Balaban J connectivity index is 0.000000408. The topological polar surface area (TPSA) is 0 Å². The Hall–Kier alpha value is -1.21. The number of benzene rings is 2. The van der Waals surface area contributed by atoms with Crippen LogP contribution in [0.4, 0.5) is 0 Å². The summed E-state index contributed by atoms with van der Waals surface area (Å²) >= 11 is 0. The SMILES string of the molecule is Cc1cc(C(C)(C)C)cc2c1-c1ccc(C(C)(C)C)[c-]c1C2.[C-]1=CC=CC1.[Hf]. The molecular formula is C27H32Hf-2. The fourth-order valence-electron chi connectivity index (χ4n) is 3.70. The van der Waals surface area contributed by atoms with Gasteiger partial charge in [-0.15, -0.1) is 17.5 Å². The van der Waals surface area contributed by atoms with Gasteiger partial charge < -0.3 is 0 Å². The minimum atomic E-state index is 0. The van der Waals surface area contributed by atoms with E-state index in [1.54, 1.807) is 0 Å². The van der Waals surface area contributed by atoms with E-state index in [0.29, 0.717) is 0 Å². The predicted molar refractivity (Wildman–Crippen MR) is 117 cm³/mol. The van der Waals surface area contributed by atoms with Gasteiger partial charge >= 0.3 is 0 Å². The Bertz CT molecular complexity index is 889. The van der Waals surface area contributed by atoms with Gasteiger partial charge in [-0.2, -0.15) is 29.8 Å². The maximum Gasteiger partial charge on any atom is 0 e. The molecule has 2 aromatic rings. The van der Waals surface area contributed by atoms with Crippen LogP contribution in [-0.2, 0) is 43.1 Å². The van der Waals surface area contributed by atoms with E-state index in [1.165, 1.54) is 38.9 Å². The van der Waals surface area contributed by atoms with Gasteiger partial charge in [0.25, 0.3) is 0 Å². The van der Waals surface area contributed by atoms with Crippen molar-refractivity contribution < 1.29 is 25.8 Å². The summed E-state index contributed by atoms with van der Waals surface area (Å²) in [5, 5.41) is 0. The molecule has 2 aromatic carbocycles. The zero-order chi connectivity index (χ0) is 19.8. The van der Waals surface area contributed by atoms with E-state index in [-0.39, 0.29) is 36.7 Å². The molecule has 0 saturated carbocycles. The fourth-order valence-corrected chi connectivity index (χ4v) is 3.70. The third-order valence-corrected chi connectivity index (χ3v) is 5.34. The van der Waals surface area contributed by atoms with Gasteiger partial charge in [-0.1, -0.05) is 64.8 Å². The second-order valence-electron chi connectivity index (χ2n) is 9.77. The largest absolute Gasteiger partial charge is 0.273 e. The van der Waals surface area contributed by atoms with Crippen LogP contribution >= 0.6 is 0 Å². The molecule has 0 saturated heterocycles. The van der Waals surface area contributed by atoms with E-state index in [2.05, 4.69) is 91.0 Å². The Morgan fingerprint density at radius 2 is 1.64 bits per heavy atom. The van der Waals surface area contributed by atoms with E-state index >= 15 is 0 Å². The molecule has 0 aliphatic heterocycles. The van der Waals surface area contributed by atoms with Crippen LogP contribution in [-0.4, -0.2) is 0 Å². The van der Waals surface area contributed by atoms with Crippen LogP contribution in [0.1, 0.15) is 75.8 Å². The summed E-state index contributed by atoms with van der Waals surface area (Å²) in [6, 6.07) is 13.0. The first kappa shape index (κ1) is 23.1. The number of aryl methyl sites for hydroxylation is 1. The molecule has 0 N–H and O–H groups in total. The number of allylic oxidation sites excluding steroid dienone is 4. The number of rotatable bonds is 0. The number of hydrogen-bond donors (Lipinski definition) is 0. The molecule has 2 aliphatic rings. The molecule has 28 heavy (non-hydrogen) atoms. The Morgan fingerprint density at radius 1 is 0.929 bits per heavy atom. The van der Waals surface area contributed by atoms with Crippen molar-refractivity contribution in [3.8, 4) is 11.1 Å². The molecule has 0 fully saturated rings. The summed E-state index contributed by atoms with van der Waals surface area (Å²) in [5.74, 6) is 0. The molecule has 1 heteroatoms. The van der Waals surface area contributed by atoms with Crippen LogP contribution < -0.4 is 0 Å². The minimum Gasteiger partial charge on any atom is -0.273 e. The van der Waals surface area contributed by atoms with Crippen molar-refractivity contribution >= 4 is 0 Å². The first-order valence-electron chi connectivity index (χ1n) is 9.99. The molecule has 0 nitrogen and oxygen atoms in total. The molecule has 0 amide bonds. The molecule has 0 atom stereocenters. The van der Waals surface area contributed by atoms with Gasteiger partial charge in [0.1, 0.15) is 0 Å². The third kappa shape index (κ3) is 5.03. The van der Waals surface area contributed by atoms with Gasteiger partial charge in [0.05, 0.1) is 0 Å². The van der Waals surface area contributed by atoms with E-state index in [9.17, 15) is 0 Å². The maximum atomic E-state index is 3.70. The second-order valence-corrected chi connectivity index (χ2v) is 9.77. The van der Waals surface area contributed by atoms with E-state index in [1.807, 2.05) is 12.2 Å². The van der Waals surface area contributed by atoms with Crippen molar-refractivity contribution in [3.05, 3.63) is 82.5 Å². The van der Waals surface area contributed by atoms with Crippen molar-refractivity contribution in [3.63, 3.8) is 0 Å². The molecule has 0 aromatic heterocycles. The van der Waals surface area contributed by atoms with Crippen LogP contribution in [0, 0.1) is 19.1 Å². The Labute approximate surface area is 190 Å². The van der Waals surface area contributed by atoms with Crippen LogP contribution in [0.15, 0.2) is 42.5 Å². The quantitative estimate of drug-likeness (QED) is 0.210. The van der Waals surface area contributed by atoms with Crippen LogP contribution in [0.2, 0.25) is 0 Å². The summed E-state index contributed by atoms with van der Waals surface area (Å²) in [7, 11) is 0. The van der Waals surface area contributed by atoms with E-state index < -0.39 is 0 Å². The molecule has 0 bridgehead atoms. The summed E-state index contributed by atoms with van der Waals surface area (Å²) < 4.78 is 0. The second kappa shape index (κ2) is 8.66. The Morgan fingerprint density at radius 3 is 2.14 bits per heavy atom. The first-order valence-corrected chi connectivity index (χ1v) is 9.99. The molecule has 0 unspecified atom stereocenters. The monoisotopic (exact) mass is 536 g/mol. The predicted octanol–water partition coefficient (Wildman–Crippen LogP) is 7.26. The van der Waals surface area contributed by atoms with Gasteiger partial charge in [0.2, 0.25) is 0 Å². The summed E-state index contributed by atoms with van der Waals surface area (Å²) in [6.45, 7) is 15.9. The van der Waals surface area contributed by atoms with Crippen molar-refractivity contribution in [1.29, 1.82) is 0 Å². The molecule has 4 rings (SSSR count). The normalized spacial score (nSPS) is 14.1. The van der Waals surface area contributed by atoms with Gasteiger partial charge in [-0.25, -0.2) is 12.2 Å². The summed E-state index contributed by atoms with van der Waals surface area (Å²) in [5.41, 5.74) is 10.2. The molecule has 2 aliphatic carbocycles. The molecular weight excluding hydrogens is 503 g/mol.